The lowest BCUT2D eigenvalue weighted by Crippen LogP contribution is -2.34. The molecule has 0 spiro atoms. The Labute approximate surface area is 246 Å². The lowest BCUT2D eigenvalue weighted by atomic mass is 9.79. The molecule has 1 aliphatic carbocycles. The van der Waals surface area contributed by atoms with Gasteiger partial charge in [-0.1, -0.05) is 44.7 Å². The van der Waals surface area contributed by atoms with E-state index < -0.39 is 6.17 Å². The fourth-order valence-corrected chi connectivity index (χ4v) is 7.90. The summed E-state index contributed by atoms with van der Waals surface area (Å²) in [5.74, 6) is 2.63. The van der Waals surface area contributed by atoms with E-state index in [1.165, 1.54) is 66.7 Å². The highest BCUT2D eigenvalue weighted by atomic mass is 35.5. The summed E-state index contributed by atoms with van der Waals surface area (Å²) in [5.41, 5.74) is 12.4. The minimum Gasteiger partial charge on any atom is -0.399 e. The molecule has 2 aromatic rings. The zero-order valence-corrected chi connectivity index (χ0v) is 25.7. The van der Waals surface area contributed by atoms with Crippen LogP contribution in [0.5, 0.6) is 0 Å². The molecule has 5 nitrogen and oxygen atoms in total. The number of benzene rings is 1. The van der Waals surface area contributed by atoms with Crippen LogP contribution >= 0.6 is 11.6 Å². The van der Waals surface area contributed by atoms with Crippen molar-refractivity contribution in [2.45, 2.75) is 122 Å². The summed E-state index contributed by atoms with van der Waals surface area (Å²) in [7, 11) is 0. The topological polar surface area (TPSA) is 58.3 Å². The standard InChI is InChI=1S/C25H35ClN4.C8H14FN/c1-3-9-19-21(15-18(27)16-22(19)26)17-10-11-20-23(14-17)28-24(4-2)29-25(20)30-12-7-5-6-8-13-30;1-8-3-2-4-10(8)6-7(9)5-8/h15-17H,3-14,27H2,1-2H3;7H,2-6H2,1H3. The number of rotatable bonds is 5. The van der Waals surface area contributed by atoms with Gasteiger partial charge in [-0.3, -0.25) is 4.90 Å². The number of nitrogens with two attached hydrogens (primary N) is 1. The predicted octanol–water partition coefficient (Wildman–Crippen LogP) is 7.46. The summed E-state index contributed by atoms with van der Waals surface area (Å²) in [4.78, 5) is 14.9. The van der Waals surface area contributed by atoms with Gasteiger partial charge >= 0.3 is 0 Å². The number of fused-ring (bicyclic) bond motifs is 2. The smallest absolute Gasteiger partial charge is 0.135 e. The zero-order chi connectivity index (χ0) is 28.3. The third-order valence-electron chi connectivity index (χ3n) is 9.70. The molecule has 220 valence electrons. The summed E-state index contributed by atoms with van der Waals surface area (Å²) < 4.78 is 12.8. The average Bonchev–Trinajstić information content (AvgIpc) is 3.27. The number of nitrogens with zero attached hydrogens (tertiary/aromatic N) is 4. The van der Waals surface area contributed by atoms with Crippen LogP contribution in [-0.4, -0.2) is 52.8 Å². The van der Waals surface area contributed by atoms with E-state index in [9.17, 15) is 4.39 Å². The van der Waals surface area contributed by atoms with Gasteiger partial charge in [-0.25, -0.2) is 14.4 Å². The van der Waals surface area contributed by atoms with Gasteiger partial charge in [0.25, 0.3) is 0 Å². The quantitative estimate of drug-likeness (QED) is 0.379. The Morgan fingerprint density at radius 3 is 2.55 bits per heavy atom. The Bertz CT molecular complexity index is 1160. The summed E-state index contributed by atoms with van der Waals surface area (Å²) in [6.45, 7) is 10.6. The maximum Gasteiger partial charge on any atom is 0.135 e. The van der Waals surface area contributed by atoms with E-state index >= 15 is 0 Å². The first-order valence-corrected chi connectivity index (χ1v) is 16.3. The lowest BCUT2D eigenvalue weighted by molar-refractivity contribution is 0.217. The second-order valence-electron chi connectivity index (χ2n) is 12.8. The van der Waals surface area contributed by atoms with E-state index in [2.05, 4.69) is 36.6 Å². The summed E-state index contributed by atoms with van der Waals surface area (Å²) in [6.07, 6.45) is 14.0. The molecule has 0 saturated carbocycles. The van der Waals surface area contributed by atoms with Crippen molar-refractivity contribution in [3.05, 3.63) is 45.4 Å². The number of nitrogen functional groups attached to an aromatic ring is 1. The fourth-order valence-electron chi connectivity index (χ4n) is 7.57. The molecule has 4 aliphatic rings. The fraction of sp³-hybridized carbons (Fsp3) is 0.697. The molecule has 6 rings (SSSR count). The molecule has 4 heterocycles. The highest BCUT2D eigenvalue weighted by molar-refractivity contribution is 6.31. The molecule has 2 N–H and O–H groups in total. The first-order chi connectivity index (χ1) is 19.3. The summed E-state index contributed by atoms with van der Waals surface area (Å²) >= 11 is 6.61. The van der Waals surface area contributed by atoms with Crippen LogP contribution in [0.3, 0.4) is 0 Å². The number of halogens is 2. The van der Waals surface area contributed by atoms with Crippen molar-refractivity contribution in [2.75, 3.05) is 36.8 Å². The first-order valence-electron chi connectivity index (χ1n) is 15.9. The Hall–Kier alpha value is -1.92. The van der Waals surface area contributed by atoms with Gasteiger partial charge in [-0.2, -0.15) is 0 Å². The van der Waals surface area contributed by atoms with Crippen LogP contribution < -0.4 is 10.6 Å². The molecule has 3 saturated heterocycles. The van der Waals surface area contributed by atoms with Crippen LogP contribution in [0, 0.1) is 0 Å². The van der Waals surface area contributed by atoms with Gasteiger partial charge in [0.05, 0.1) is 5.69 Å². The molecule has 1 aromatic carbocycles. The van der Waals surface area contributed by atoms with Gasteiger partial charge < -0.3 is 10.6 Å². The van der Waals surface area contributed by atoms with Crippen molar-refractivity contribution < 1.29 is 4.39 Å². The van der Waals surface area contributed by atoms with Gasteiger partial charge in [0.1, 0.15) is 17.8 Å². The normalized spacial score (nSPS) is 26.6. The van der Waals surface area contributed by atoms with Crippen molar-refractivity contribution >= 4 is 23.1 Å². The van der Waals surface area contributed by atoms with Gasteiger partial charge in [0.15, 0.2) is 0 Å². The SMILES string of the molecule is CC12CCCN1CC(F)C2.CCCc1c(Cl)cc(N)cc1C1CCc2c(nc(CC)nc2N2CCCCCC2)C1. The number of aryl methyl sites for hydroxylation is 1. The Balaban J connectivity index is 0.000000269. The van der Waals surface area contributed by atoms with Crippen LogP contribution in [0.1, 0.15) is 113 Å². The zero-order valence-electron chi connectivity index (χ0n) is 25.0. The van der Waals surface area contributed by atoms with Crippen molar-refractivity contribution in [3.8, 4) is 0 Å². The van der Waals surface area contributed by atoms with Crippen molar-refractivity contribution in [2.24, 2.45) is 0 Å². The number of hydrogen-bond donors (Lipinski definition) is 1. The molecular weight excluding hydrogens is 521 g/mol. The van der Waals surface area contributed by atoms with E-state index in [1.807, 2.05) is 6.07 Å². The summed E-state index contributed by atoms with van der Waals surface area (Å²) in [5, 5.41) is 0.819. The van der Waals surface area contributed by atoms with Gasteiger partial charge in [0, 0.05) is 47.9 Å². The molecule has 7 heteroatoms. The van der Waals surface area contributed by atoms with E-state index in [0.29, 0.717) is 12.5 Å². The van der Waals surface area contributed by atoms with E-state index in [1.54, 1.807) is 0 Å². The van der Waals surface area contributed by atoms with E-state index in [-0.39, 0.29) is 5.54 Å². The summed E-state index contributed by atoms with van der Waals surface area (Å²) in [6, 6.07) is 4.06. The van der Waals surface area contributed by atoms with Crippen LogP contribution in [0.15, 0.2) is 12.1 Å². The number of hydrogen-bond acceptors (Lipinski definition) is 5. The Kier molecular flexibility index (Phi) is 9.56. The molecule has 40 heavy (non-hydrogen) atoms. The van der Waals surface area contributed by atoms with Gasteiger partial charge in [0.2, 0.25) is 0 Å². The van der Waals surface area contributed by atoms with Crippen molar-refractivity contribution in [1.82, 2.24) is 14.9 Å². The average molecular weight is 570 g/mol. The number of aromatic nitrogens is 2. The van der Waals surface area contributed by atoms with Crippen molar-refractivity contribution in [1.29, 1.82) is 0 Å². The highest BCUT2D eigenvalue weighted by Crippen LogP contribution is 2.41. The molecule has 3 atom stereocenters. The second kappa shape index (κ2) is 12.9. The van der Waals surface area contributed by atoms with Crippen molar-refractivity contribution in [3.63, 3.8) is 0 Å². The van der Waals surface area contributed by atoms with E-state index in [0.717, 1.165) is 81.1 Å². The minimum absolute atomic E-state index is 0.236. The Morgan fingerprint density at radius 2 is 1.85 bits per heavy atom. The second-order valence-corrected chi connectivity index (χ2v) is 13.2. The van der Waals surface area contributed by atoms with Gasteiger partial charge in [-0.15, -0.1) is 0 Å². The highest BCUT2D eigenvalue weighted by Gasteiger charge is 2.44. The molecule has 3 fully saturated rings. The molecule has 3 unspecified atom stereocenters. The molecule has 1 aromatic heterocycles. The molecule has 0 radical (unpaired) electrons. The van der Waals surface area contributed by atoms with Crippen LogP contribution in [0.25, 0.3) is 0 Å². The van der Waals surface area contributed by atoms with Crippen LogP contribution in [0.2, 0.25) is 5.02 Å². The van der Waals surface area contributed by atoms with Crippen LogP contribution in [0.4, 0.5) is 15.9 Å². The molecule has 3 aliphatic heterocycles. The van der Waals surface area contributed by atoms with Crippen LogP contribution in [-0.2, 0) is 25.7 Å². The maximum atomic E-state index is 12.8. The third-order valence-corrected chi connectivity index (χ3v) is 10.0. The largest absolute Gasteiger partial charge is 0.399 e. The first kappa shape index (κ1) is 29.6. The maximum absolute atomic E-state index is 12.8. The third kappa shape index (κ3) is 6.43. The molecule has 0 bridgehead atoms. The lowest BCUT2D eigenvalue weighted by Gasteiger charge is -2.31. The minimum atomic E-state index is -0.551. The monoisotopic (exact) mass is 569 g/mol. The van der Waals surface area contributed by atoms with E-state index in [4.69, 9.17) is 27.3 Å². The molecule has 0 amide bonds. The Morgan fingerprint density at radius 1 is 1.07 bits per heavy atom. The predicted molar refractivity (Wildman–Crippen MR) is 165 cm³/mol. The van der Waals surface area contributed by atoms with Gasteiger partial charge in [-0.05, 0) is 100 Å². The molecular formula is C33H49ClFN5. The number of alkyl halides is 1. The number of anilines is 2.